The van der Waals surface area contributed by atoms with E-state index in [-0.39, 0.29) is 23.4 Å². The number of hydrogen-bond acceptors (Lipinski definition) is 2. The maximum atomic E-state index is 12.7. The van der Waals surface area contributed by atoms with E-state index >= 15 is 0 Å². The molecule has 1 saturated heterocycles. The molecule has 0 spiro atoms. The molecule has 3 aliphatic rings. The molecule has 1 unspecified atom stereocenters. The normalized spacial score (nSPS) is 32.3. The Morgan fingerprint density at radius 3 is 2.50 bits per heavy atom. The molecular weight excluding hydrogens is 228 g/mol. The van der Waals surface area contributed by atoms with E-state index in [2.05, 4.69) is 12.2 Å². The van der Waals surface area contributed by atoms with Crippen LogP contribution in [0.1, 0.15) is 51.9 Å². The van der Waals surface area contributed by atoms with E-state index in [1.165, 1.54) is 12.8 Å². The third kappa shape index (κ3) is 2.02. The first-order valence-electron chi connectivity index (χ1n) is 7.21. The van der Waals surface area contributed by atoms with Crippen LogP contribution in [-0.2, 0) is 9.59 Å². The molecule has 2 aliphatic carbocycles. The van der Waals surface area contributed by atoms with Gasteiger partial charge in [0.25, 0.3) is 0 Å². The lowest BCUT2D eigenvalue weighted by atomic mass is 9.96. The maximum Gasteiger partial charge on any atom is 0.245 e. The topological polar surface area (TPSA) is 49.4 Å². The molecule has 1 N–H and O–H groups in total. The highest BCUT2D eigenvalue weighted by molar-refractivity contribution is 5.91. The van der Waals surface area contributed by atoms with E-state index in [1.807, 2.05) is 4.90 Å². The highest BCUT2D eigenvalue weighted by atomic mass is 16.2. The Labute approximate surface area is 108 Å². The molecule has 100 valence electrons. The number of nitrogens with one attached hydrogen (secondary N) is 1. The summed E-state index contributed by atoms with van der Waals surface area (Å²) in [5.74, 6) is 0.615. The SMILES string of the molecule is CC1(N2CCC(=O)NC(C3CC3)C2=O)CCCC1. The number of hydrogen-bond donors (Lipinski definition) is 1. The first-order chi connectivity index (χ1) is 8.60. The number of rotatable bonds is 2. The molecular formula is C14H22N2O2. The van der Waals surface area contributed by atoms with Gasteiger partial charge in [-0.05, 0) is 38.5 Å². The molecule has 0 aromatic heterocycles. The molecule has 1 aliphatic heterocycles. The number of amides is 2. The second kappa shape index (κ2) is 4.25. The maximum absolute atomic E-state index is 12.7. The lowest BCUT2D eigenvalue weighted by Gasteiger charge is -2.39. The molecule has 4 nitrogen and oxygen atoms in total. The van der Waals surface area contributed by atoms with Gasteiger partial charge in [0.15, 0.2) is 0 Å². The highest BCUT2D eigenvalue weighted by Gasteiger charge is 2.46. The van der Waals surface area contributed by atoms with Crippen molar-refractivity contribution in [1.82, 2.24) is 10.2 Å². The Hall–Kier alpha value is -1.06. The summed E-state index contributed by atoms with van der Waals surface area (Å²) < 4.78 is 0. The second-order valence-corrected chi connectivity index (χ2v) is 6.33. The van der Waals surface area contributed by atoms with Crippen LogP contribution in [0.25, 0.3) is 0 Å². The molecule has 2 saturated carbocycles. The van der Waals surface area contributed by atoms with Crippen molar-refractivity contribution in [2.24, 2.45) is 5.92 Å². The van der Waals surface area contributed by atoms with Crippen LogP contribution in [0.3, 0.4) is 0 Å². The van der Waals surface area contributed by atoms with Crippen molar-refractivity contribution in [3.8, 4) is 0 Å². The fourth-order valence-electron chi connectivity index (χ4n) is 3.49. The van der Waals surface area contributed by atoms with Gasteiger partial charge < -0.3 is 10.2 Å². The summed E-state index contributed by atoms with van der Waals surface area (Å²) in [6, 6.07) is -0.238. The smallest absolute Gasteiger partial charge is 0.245 e. The summed E-state index contributed by atoms with van der Waals surface area (Å²) in [6.45, 7) is 2.79. The predicted molar refractivity (Wildman–Crippen MR) is 67.9 cm³/mol. The third-order valence-electron chi connectivity index (χ3n) is 4.84. The summed E-state index contributed by atoms with van der Waals surface area (Å²) in [4.78, 5) is 26.4. The van der Waals surface area contributed by atoms with Gasteiger partial charge >= 0.3 is 0 Å². The molecule has 2 amide bonds. The Morgan fingerprint density at radius 1 is 1.22 bits per heavy atom. The fourth-order valence-corrected chi connectivity index (χ4v) is 3.49. The summed E-state index contributed by atoms with van der Waals surface area (Å²) in [5, 5.41) is 2.93. The highest BCUT2D eigenvalue weighted by Crippen LogP contribution is 2.39. The van der Waals surface area contributed by atoms with E-state index in [0.717, 1.165) is 25.7 Å². The summed E-state index contributed by atoms with van der Waals surface area (Å²) in [6.07, 6.45) is 7.22. The third-order valence-corrected chi connectivity index (χ3v) is 4.84. The van der Waals surface area contributed by atoms with Gasteiger partial charge in [-0.3, -0.25) is 9.59 Å². The zero-order valence-electron chi connectivity index (χ0n) is 11.1. The van der Waals surface area contributed by atoms with E-state index in [4.69, 9.17) is 0 Å². The zero-order chi connectivity index (χ0) is 12.8. The monoisotopic (exact) mass is 250 g/mol. The van der Waals surface area contributed by atoms with Crippen LogP contribution in [0, 0.1) is 5.92 Å². The number of carbonyl (C=O) groups excluding carboxylic acids is 2. The van der Waals surface area contributed by atoms with Crippen molar-refractivity contribution in [2.75, 3.05) is 6.54 Å². The first kappa shape index (κ1) is 12.0. The predicted octanol–water partition coefficient (Wildman–Crippen LogP) is 1.45. The Bertz CT molecular complexity index is 370. The fraction of sp³-hybridized carbons (Fsp3) is 0.857. The van der Waals surface area contributed by atoms with Crippen molar-refractivity contribution in [2.45, 2.75) is 63.5 Å². The minimum atomic E-state index is -0.238. The molecule has 0 radical (unpaired) electrons. The van der Waals surface area contributed by atoms with Gasteiger partial charge in [0.1, 0.15) is 6.04 Å². The molecule has 1 heterocycles. The number of nitrogens with zero attached hydrogens (tertiary/aromatic N) is 1. The van der Waals surface area contributed by atoms with Crippen molar-refractivity contribution in [1.29, 1.82) is 0 Å². The number of carbonyl (C=O) groups is 2. The van der Waals surface area contributed by atoms with Crippen LogP contribution in [-0.4, -0.2) is 34.8 Å². The minimum absolute atomic E-state index is 0.00345. The van der Waals surface area contributed by atoms with Crippen molar-refractivity contribution < 1.29 is 9.59 Å². The molecule has 1 atom stereocenters. The largest absolute Gasteiger partial charge is 0.344 e. The zero-order valence-corrected chi connectivity index (χ0v) is 11.1. The van der Waals surface area contributed by atoms with E-state index in [1.54, 1.807) is 0 Å². The molecule has 0 bridgehead atoms. The molecule has 18 heavy (non-hydrogen) atoms. The van der Waals surface area contributed by atoms with E-state index in [9.17, 15) is 9.59 Å². The molecule has 0 aromatic carbocycles. The molecule has 0 aromatic rings. The quantitative estimate of drug-likeness (QED) is 0.806. The minimum Gasteiger partial charge on any atom is -0.344 e. The van der Waals surface area contributed by atoms with Crippen LogP contribution in [0.15, 0.2) is 0 Å². The molecule has 4 heteroatoms. The summed E-state index contributed by atoms with van der Waals surface area (Å²) in [5.41, 5.74) is -0.00345. The average Bonchev–Trinajstić information content (AvgIpc) is 3.09. The summed E-state index contributed by atoms with van der Waals surface area (Å²) in [7, 11) is 0. The second-order valence-electron chi connectivity index (χ2n) is 6.33. The Morgan fingerprint density at radius 2 is 1.89 bits per heavy atom. The van der Waals surface area contributed by atoms with Crippen molar-refractivity contribution >= 4 is 11.8 Å². The van der Waals surface area contributed by atoms with Gasteiger partial charge in [-0.2, -0.15) is 0 Å². The summed E-state index contributed by atoms with van der Waals surface area (Å²) >= 11 is 0. The van der Waals surface area contributed by atoms with Gasteiger partial charge in [0.05, 0.1) is 0 Å². The lowest BCUT2D eigenvalue weighted by Crippen LogP contribution is -2.53. The molecule has 3 fully saturated rings. The molecule has 3 rings (SSSR count). The van der Waals surface area contributed by atoms with E-state index in [0.29, 0.717) is 18.9 Å². The Balaban J connectivity index is 1.83. The van der Waals surface area contributed by atoms with Crippen molar-refractivity contribution in [3.05, 3.63) is 0 Å². The average molecular weight is 250 g/mol. The Kier molecular flexibility index (Phi) is 2.83. The van der Waals surface area contributed by atoms with Gasteiger partial charge in [-0.15, -0.1) is 0 Å². The standard InChI is InChI=1S/C14H22N2O2/c1-14(7-2-3-8-14)16-9-6-11(17)15-12(13(16)18)10-4-5-10/h10,12H,2-9H2,1H3,(H,15,17). The van der Waals surface area contributed by atoms with Crippen LogP contribution < -0.4 is 5.32 Å². The van der Waals surface area contributed by atoms with Crippen LogP contribution in [0.4, 0.5) is 0 Å². The first-order valence-corrected chi connectivity index (χ1v) is 7.21. The van der Waals surface area contributed by atoms with Gasteiger partial charge in [-0.25, -0.2) is 0 Å². The van der Waals surface area contributed by atoms with Gasteiger partial charge in [0, 0.05) is 18.5 Å². The van der Waals surface area contributed by atoms with Crippen LogP contribution >= 0.6 is 0 Å². The van der Waals surface area contributed by atoms with E-state index < -0.39 is 0 Å². The van der Waals surface area contributed by atoms with Crippen LogP contribution in [0.5, 0.6) is 0 Å². The lowest BCUT2D eigenvalue weighted by molar-refractivity contribution is -0.139. The van der Waals surface area contributed by atoms with Gasteiger partial charge in [-0.1, -0.05) is 12.8 Å². The van der Waals surface area contributed by atoms with Crippen molar-refractivity contribution in [3.63, 3.8) is 0 Å². The van der Waals surface area contributed by atoms with Gasteiger partial charge in [0.2, 0.25) is 11.8 Å². The van der Waals surface area contributed by atoms with Crippen LogP contribution in [0.2, 0.25) is 0 Å².